The highest BCUT2D eigenvalue weighted by molar-refractivity contribution is 5.83. The van der Waals surface area contributed by atoms with Gasteiger partial charge in [-0.25, -0.2) is 9.78 Å². The SMILES string of the molecule is Cc1ncc2c(-c3ccc(-n4c(=O)n(CC(=O)NCC(F)(F)F)c5ccccc54)cc3)cccn12. The Morgan fingerprint density at radius 3 is 2.40 bits per heavy atom. The molecule has 0 saturated heterocycles. The Morgan fingerprint density at radius 1 is 0.971 bits per heavy atom. The maximum Gasteiger partial charge on any atom is 0.405 e. The first kappa shape index (κ1) is 22.5. The van der Waals surface area contributed by atoms with Crippen molar-refractivity contribution in [3.63, 3.8) is 0 Å². The van der Waals surface area contributed by atoms with Crippen molar-refractivity contribution in [2.45, 2.75) is 19.6 Å². The van der Waals surface area contributed by atoms with Gasteiger partial charge in [0.2, 0.25) is 5.91 Å². The molecule has 1 N–H and O–H groups in total. The fraction of sp³-hybridized carbons (Fsp3) is 0.160. The Balaban J connectivity index is 1.52. The first-order valence-electron chi connectivity index (χ1n) is 10.8. The van der Waals surface area contributed by atoms with E-state index in [1.807, 2.05) is 47.1 Å². The van der Waals surface area contributed by atoms with Gasteiger partial charge in [-0.1, -0.05) is 30.3 Å². The number of para-hydroxylation sites is 2. The molecule has 5 rings (SSSR count). The molecule has 0 aliphatic heterocycles. The van der Waals surface area contributed by atoms with Gasteiger partial charge in [-0.15, -0.1) is 0 Å². The van der Waals surface area contributed by atoms with Gasteiger partial charge in [-0.2, -0.15) is 13.2 Å². The van der Waals surface area contributed by atoms with E-state index in [-0.39, 0.29) is 0 Å². The van der Waals surface area contributed by atoms with Crippen molar-refractivity contribution in [2.75, 3.05) is 6.54 Å². The molecule has 35 heavy (non-hydrogen) atoms. The van der Waals surface area contributed by atoms with Crippen LogP contribution < -0.4 is 11.0 Å². The summed E-state index contributed by atoms with van der Waals surface area (Å²) in [6.07, 6.45) is -0.786. The standard InChI is InChI=1S/C25H20F3N5O2/c1-16-29-13-22-19(5-4-12-31(16)22)17-8-10-18(11-9-17)33-21-7-3-2-6-20(21)32(24(33)35)14-23(34)30-15-25(26,27)28/h2-13H,14-15H2,1H3,(H,30,34). The van der Waals surface area contributed by atoms with Crippen LogP contribution in [-0.2, 0) is 11.3 Å². The van der Waals surface area contributed by atoms with Crippen molar-refractivity contribution in [2.24, 2.45) is 0 Å². The Bertz CT molecular complexity index is 1610. The number of aromatic nitrogens is 4. The van der Waals surface area contributed by atoms with E-state index in [1.165, 1.54) is 9.13 Å². The number of carbonyl (C=O) groups excluding carboxylic acids is 1. The number of alkyl halides is 3. The molecule has 10 heteroatoms. The highest BCUT2D eigenvalue weighted by Gasteiger charge is 2.28. The molecule has 178 valence electrons. The van der Waals surface area contributed by atoms with Crippen molar-refractivity contribution >= 4 is 22.5 Å². The summed E-state index contributed by atoms with van der Waals surface area (Å²) in [6.45, 7) is -0.0569. The number of carbonyl (C=O) groups is 1. The molecule has 0 aliphatic rings. The predicted octanol–water partition coefficient (Wildman–Crippen LogP) is 4.09. The van der Waals surface area contributed by atoms with Crippen LogP contribution in [0.5, 0.6) is 0 Å². The minimum absolute atomic E-state index is 0.447. The van der Waals surface area contributed by atoms with Crippen LogP contribution in [-0.4, -0.2) is 37.1 Å². The first-order chi connectivity index (χ1) is 16.7. The van der Waals surface area contributed by atoms with Crippen LogP contribution in [0.15, 0.2) is 77.9 Å². The molecular formula is C25H20F3N5O2. The van der Waals surface area contributed by atoms with Gasteiger partial charge in [0.1, 0.15) is 18.9 Å². The number of hydrogen-bond donors (Lipinski definition) is 1. The Hall–Kier alpha value is -4.34. The maximum atomic E-state index is 13.3. The van der Waals surface area contributed by atoms with Crippen molar-refractivity contribution in [3.05, 3.63) is 89.4 Å². The second-order valence-electron chi connectivity index (χ2n) is 8.11. The molecule has 0 atom stereocenters. The summed E-state index contributed by atoms with van der Waals surface area (Å²) >= 11 is 0. The number of nitrogens with zero attached hydrogens (tertiary/aromatic N) is 4. The Labute approximate surface area is 197 Å². The number of amides is 1. The number of pyridine rings is 1. The summed E-state index contributed by atoms with van der Waals surface area (Å²) in [6, 6.07) is 18.1. The quantitative estimate of drug-likeness (QED) is 0.413. The van der Waals surface area contributed by atoms with Crippen molar-refractivity contribution < 1.29 is 18.0 Å². The molecule has 0 radical (unpaired) electrons. The van der Waals surface area contributed by atoms with E-state index in [4.69, 9.17) is 0 Å². The lowest BCUT2D eigenvalue weighted by molar-refractivity contribution is -0.138. The van der Waals surface area contributed by atoms with E-state index in [9.17, 15) is 22.8 Å². The van der Waals surface area contributed by atoms with Gasteiger partial charge in [0.05, 0.1) is 28.4 Å². The molecule has 2 aromatic carbocycles. The zero-order valence-electron chi connectivity index (χ0n) is 18.6. The second kappa shape index (κ2) is 8.46. The van der Waals surface area contributed by atoms with E-state index < -0.39 is 30.9 Å². The molecule has 0 fully saturated rings. The van der Waals surface area contributed by atoms with Crippen molar-refractivity contribution in [3.8, 4) is 16.8 Å². The second-order valence-corrected chi connectivity index (χ2v) is 8.11. The average Bonchev–Trinajstić information content (AvgIpc) is 3.35. The normalized spacial score (nSPS) is 11.9. The van der Waals surface area contributed by atoms with E-state index in [2.05, 4.69) is 4.98 Å². The predicted molar refractivity (Wildman–Crippen MR) is 126 cm³/mol. The molecule has 1 amide bonds. The fourth-order valence-corrected chi connectivity index (χ4v) is 4.19. The summed E-state index contributed by atoms with van der Waals surface area (Å²) in [7, 11) is 0. The van der Waals surface area contributed by atoms with E-state index in [0.717, 1.165) is 22.5 Å². The average molecular weight is 479 g/mol. The molecule has 0 saturated carbocycles. The lowest BCUT2D eigenvalue weighted by Crippen LogP contribution is -2.37. The monoisotopic (exact) mass is 479 g/mol. The summed E-state index contributed by atoms with van der Waals surface area (Å²) in [5.41, 5.74) is 3.91. The van der Waals surface area contributed by atoms with E-state index >= 15 is 0 Å². The van der Waals surface area contributed by atoms with Crippen molar-refractivity contribution in [1.82, 2.24) is 23.8 Å². The lowest BCUT2D eigenvalue weighted by Gasteiger charge is -2.09. The third kappa shape index (κ3) is 4.18. The molecule has 3 aromatic heterocycles. The molecular weight excluding hydrogens is 459 g/mol. The van der Waals surface area contributed by atoms with Crippen LogP contribution in [0.4, 0.5) is 13.2 Å². The number of benzene rings is 2. The number of nitrogens with one attached hydrogen (secondary N) is 1. The number of rotatable bonds is 5. The Morgan fingerprint density at radius 2 is 1.69 bits per heavy atom. The number of aryl methyl sites for hydroxylation is 1. The number of fused-ring (bicyclic) bond motifs is 2. The number of hydrogen-bond acceptors (Lipinski definition) is 3. The molecule has 0 spiro atoms. The van der Waals surface area contributed by atoms with Crippen LogP contribution >= 0.6 is 0 Å². The van der Waals surface area contributed by atoms with E-state index in [0.29, 0.717) is 16.7 Å². The van der Waals surface area contributed by atoms with Crippen LogP contribution in [0.1, 0.15) is 5.82 Å². The van der Waals surface area contributed by atoms with Gasteiger partial charge in [0.15, 0.2) is 0 Å². The molecule has 3 heterocycles. The third-order valence-electron chi connectivity index (χ3n) is 5.82. The summed E-state index contributed by atoms with van der Waals surface area (Å²) in [5, 5.41) is 1.81. The number of halogens is 3. The minimum atomic E-state index is -4.53. The lowest BCUT2D eigenvalue weighted by atomic mass is 10.1. The minimum Gasteiger partial charge on any atom is -0.345 e. The summed E-state index contributed by atoms with van der Waals surface area (Å²) in [4.78, 5) is 29.8. The smallest absolute Gasteiger partial charge is 0.345 e. The molecule has 5 aromatic rings. The molecule has 0 bridgehead atoms. The summed E-state index contributed by atoms with van der Waals surface area (Å²) in [5.74, 6) is -0.0241. The van der Waals surface area contributed by atoms with Crippen LogP contribution in [0, 0.1) is 6.92 Å². The number of imidazole rings is 2. The molecule has 0 aliphatic carbocycles. The maximum absolute atomic E-state index is 13.3. The molecule has 0 unspecified atom stereocenters. The van der Waals surface area contributed by atoms with Gasteiger partial charge < -0.3 is 9.72 Å². The third-order valence-corrected chi connectivity index (χ3v) is 5.82. The Kier molecular flexibility index (Phi) is 5.43. The summed E-state index contributed by atoms with van der Waals surface area (Å²) < 4.78 is 42.0. The molecule has 7 nitrogen and oxygen atoms in total. The largest absolute Gasteiger partial charge is 0.405 e. The zero-order chi connectivity index (χ0) is 24.7. The van der Waals surface area contributed by atoms with Gasteiger partial charge in [-0.05, 0) is 42.8 Å². The van der Waals surface area contributed by atoms with Crippen molar-refractivity contribution in [1.29, 1.82) is 0 Å². The highest BCUT2D eigenvalue weighted by atomic mass is 19.4. The van der Waals surface area contributed by atoms with Crippen LogP contribution in [0.3, 0.4) is 0 Å². The van der Waals surface area contributed by atoms with E-state index in [1.54, 1.807) is 42.6 Å². The van der Waals surface area contributed by atoms with Gasteiger partial charge in [-0.3, -0.25) is 13.9 Å². The van der Waals surface area contributed by atoms with Gasteiger partial charge in [0.25, 0.3) is 0 Å². The van der Waals surface area contributed by atoms with Crippen LogP contribution in [0.2, 0.25) is 0 Å². The zero-order valence-corrected chi connectivity index (χ0v) is 18.6. The van der Waals surface area contributed by atoms with Crippen LogP contribution in [0.25, 0.3) is 33.4 Å². The topological polar surface area (TPSA) is 73.3 Å². The highest BCUT2D eigenvalue weighted by Crippen LogP contribution is 2.27. The van der Waals surface area contributed by atoms with Gasteiger partial charge >= 0.3 is 11.9 Å². The first-order valence-corrected chi connectivity index (χ1v) is 10.8. The van der Waals surface area contributed by atoms with Gasteiger partial charge in [0, 0.05) is 11.8 Å². The fourth-order valence-electron chi connectivity index (χ4n) is 4.19.